The summed E-state index contributed by atoms with van der Waals surface area (Å²) in [5.74, 6) is 0.677. The van der Waals surface area contributed by atoms with Gasteiger partial charge in [-0.15, -0.1) is 0 Å². The summed E-state index contributed by atoms with van der Waals surface area (Å²) < 4.78 is 11.5. The molecule has 0 saturated heterocycles. The Hall–Kier alpha value is -3.04. The van der Waals surface area contributed by atoms with Crippen LogP contribution in [0.3, 0.4) is 0 Å². The highest BCUT2D eigenvalue weighted by Gasteiger charge is 2.13. The van der Waals surface area contributed by atoms with Crippen molar-refractivity contribution in [2.75, 3.05) is 0 Å². The molecule has 0 radical (unpaired) electrons. The predicted octanol–water partition coefficient (Wildman–Crippen LogP) is 6.00. The first-order chi connectivity index (χ1) is 13.1. The van der Waals surface area contributed by atoms with Crippen molar-refractivity contribution < 1.29 is 9.15 Å². The predicted molar refractivity (Wildman–Crippen MR) is 108 cm³/mol. The van der Waals surface area contributed by atoms with E-state index < -0.39 is 0 Å². The third-order valence-corrected chi connectivity index (χ3v) is 4.71. The first-order valence-corrected chi connectivity index (χ1v) is 9.00. The van der Waals surface area contributed by atoms with Gasteiger partial charge in [-0.3, -0.25) is 0 Å². The first-order valence-electron chi connectivity index (χ1n) is 8.62. The monoisotopic (exact) mass is 376 g/mol. The molecule has 0 unspecified atom stereocenters. The van der Waals surface area contributed by atoms with E-state index in [4.69, 9.17) is 20.8 Å². The third kappa shape index (κ3) is 3.60. The molecule has 0 saturated carbocycles. The molecule has 4 aromatic rings. The summed E-state index contributed by atoms with van der Waals surface area (Å²) in [6.45, 7) is 2.28. The van der Waals surface area contributed by atoms with Crippen LogP contribution in [-0.4, -0.2) is 0 Å². The van der Waals surface area contributed by atoms with E-state index >= 15 is 0 Å². The fourth-order valence-electron chi connectivity index (χ4n) is 3.14. The second kappa shape index (κ2) is 7.29. The van der Waals surface area contributed by atoms with Gasteiger partial charge in [0.15, 0.2) is 0 Å². The maximum absolute atomic E-state index is 12.1. The molecule has 0 fully saturated rings. The van der Waals surface area contributed by atoms with Crippen LogP contribution in [0.25, 0.3) is 22.1 Å². The minimum atomic E-state index is -0.378. The molecule has 134 valence electrons. The Labute approximate surface area is 161 Å². The highest BCUT2D eigenvalue weighted by atomic mass is 35.5. The lowest BCUT2D eigenvalue weighted by molar-refractivity contribution is 0.304. The van der Waals surface area contributed by atoms with Crippen LogP contribution >= 0.6 is 11.6 Å². The van der Waals surface area contributed by atoms with Gasteiger partial charge in [-0.2, -0.15) is 0 Å². The average Bonchev–Trinajstić information content (AvgIpc) is 2.68. The standard InChI is InChI=1S/C23H17ClO3/c1-15-21(26-14-16-6-5-9-18(24)12-16)11-10-19-20(13-22(25)27-23(15)19)17-7-3-2-4-8-17/h2-13H,14H2,1H3. The summed E-state index contributed by atoms with van der Waals surface area (Å²) in [5, 5.41) is 1.55. The van der Waals surface area contributed by atoms with Gasteiger partial charge in [-0.1, -0.05) is 54.1 Å². The molecule has 1 heterocycles. The lowest BCUT2D eigenvalue weighted by Crippen LogP contribution is -2.01. The molecule has 0 spiro atoms. The van der Waals surface area contributed by atoms with Gasteiger partial charge in [0.25, 0.3) is 0 Å². The molecule has 0 N–H and O–H groups in total. The number of fused-ring (bicyclic) bond motifs is 1. The summed E-state index contributed by atoms with van der Waals surface area (Å²) >= 11 is 6.02. The second-order valence-corrected chi connectivity index (χ2v) is 6.77. The Kier molecular flexibility index (Phi) is 4.69. The van der Waals surface area contributed by atoms with E-state index in [0.717, 1.165) is 27.6 Å². The number of halogens is 1. The highest BCUT2D eigenvalue weighted by Crippen LogP contribution is 2.33. The summed E-state index contributed by atoms with van der Waals surface area (Å²) in [4.78, 5) is 12.1. The van der Waals surface area contributed by atoms with Crippen molar-refractivity contribution in [3.05, 3.63) is 99.4 Å². The van der Waals surface area contributed by atoms with E-state index in [1.54, 1.807) is 0 Å². The lowest BCUT2D eigenvalue weighted by Gasteiger charge is -2.13. The van der Waals surface area contributed by atoms with Gasteiger partial charge < -0.3 is 9.15 Å². The molecule has 4 rings (SSSR count). The van der Waals surface area contributed by atoms with Crippen LogP contribution in [0.1, 0.15) is 11.1 Å². The molecule has 0 aliphatic carbocycles. The van der Waals surface area contributed by atoms with Crippen molar-refractivity contribution in [3.8, 4) is 16.9 Å². The number of hydrogen-bond donors (Lipinski definition) is 0. The smallest absolute Gasteiger partial charge is 0.336 e. The number of aryl methyl sites for hydroxylation is 1. The molecule has 0 amide bonds. The zero-order chi connectivity index (χ0) is 18.8. The van der Waals surface area contributed by atoms with Gasteiger partial charge in [0.1, 0.15) is 17.9 Å². The third-order valence-electron chi connectivity index (χ3n) is 4.48. The molecule has 0 bridgehead atoms. The highest BCUT2D eigenvalue weighted by molar-refractivity contribution is 6.30. The minimum absolute atomic E-state index is 0.378. The zero-order valence-electron chi connectivity index (χ0n) is 14.7. The molecule has 1 aromatic heterocycles. The van der Waals surface area contributed by atoms with E-state index in [1.165, 1.54) is 6.07 Å². The van der Waals surface area contributed by atoms with Crippen LogP contribution in [-0.2, 0) is 6.61 Å². The van der Waals surface area contributed by atoms with E-state index in [-0.39, 0.29) is 5.63 Å². The largest absolute Gasteiger partial charge is 0.488 e. The maximum atomic E-state index is 12.1. The van der Waals surface area contributed by atoms with Crippen LogP contribution in [0, 0.1) is 6.92 Å². The van der Waals surface area contributed by atoms with Gasteiger partial charge in [0, 0.05) is 22.0 Å². The Morgan fingerprint density at radius 2 is 1.78 bits per heavy atom. The van der Waals surface area contributed by atoms with Gasteiger partial charge >= 0.3 is 5.63 Å². The SMILES string of the molecule is Cc1c(OCc2cccc(Cl)c2)ccc2c(-c3ccccc3)cc(=O)oc12. The van der Waals surface area contributed by atoms with E-state index in [9.17, 15) is 4.79 Å². The van der Waals surface area contributed by atoms with Crippen LogP contribution in [0.2, 0.25) is 5.02 Å². The average molecular weight is 377 g/mol. The van der Waals surface area contributed by atoms with Crippen molar-refractivity contribution in [2.45, 2.75) is 13.5 Å². The van der Waals surface area contributed by atoms with Crippen molar-refractivity contribution in [3.63, 3.8) is 0 Å². The van der Waals surface area contributed by atoms with E-state index in [0.29, 0.717) is 23.0 Å². The number of hydrogen-bond acceptors (Lipinski definition) is 3. The zero-order valence-corrected chi connectivity index (χ0v) is 15.5. The van der Waals surface area contributed by atoms with Crippen molar-refractivity contribution in [1.29, 1.82) is 0 Å². The Morgan fingerprint density at radius 1 is 0.963 bits per heavy atom. The summed E-state index contributed by atoms with van der Waals surface area (Å²) in [7, 11) is 0. The molecular weight excluding hydrogens is 360 g/mol. The van der Waals surface area contributed by atoms with Crippen molar-refractivity contribution in [2.24, 2.45) is 0 Å². The van der Waals surface area contributed by atoms with Crippen LogP contribution in [0.5, 0.6) is 5.75 Å². The number of rotatable bonds is 4. The number of benzene rings is 3. The van der Waals surface area contributed by atoms with Crippen molar-refractivity contribution in [1.82, 2.24) is 0 Å². The maximum Gasteiger partial charge on any atom is 0.336 e. The van der Waals surface area contributed by atoms with E-state index in [1.807, 2.05) is 73.7 Å². The molecule has 27 heavy (non-hydrogen) atoms. The second-order valence-electron chi connectivity index (χ2n) is 6.33. The van der Waals surface area contributed by atoms with Gasteiger partial charge in [0.2, 0.25) is 0 Å². The minimum Gasteiger partial charge on any atom is -0.488 e. The molecular formula is C23H17ClO3. The topological polar surface area (TPSA) is 39.4 Å². The molecule has 0 atom stereocenters. The fourth-order valence-corrected chi connectivity index (χ4v) is 3.36. The molecule has 0 aliphatic heterocycles. The molecule has 0 aliphatic rings. The van der Waals surface area contributed by atoms with Crippen LogP contribution in [0.15, 0.2) is 82.0 Å². The Balaban J connectivity index is 1.75. The van der Waals surface area contributed by atoms with Gasteiger partial charge in [0.05, 0.1) is 0 Å². The molecule has 3 nitrogen and oxygen atoms in total. The molecule has 4 heteroatoms. The van der Waals surface area contributed by atoms with Crippen LogP contribution in [0.4, 0.5) is 0 Å². The van der Waals surface area contributed by atoms with Crippen molar-refractivity contribution >= 4 is 22.6 Å². The Bertz CT molecular complexity index is 1160. The summed E-state index contributed by atoms with van der Waals surface area (Å²) in [6.07, 6.45) is 0. The molecule has 3 aromatic carbocycles. The fraction of sp³-hybridized carbons (Fsp3) is 0.0870. The van der Waals surface area contributed by atoms with Gasteiger partial charge in [-0.25, -0.2) is 4.79 Å². The number of ether oxygens (including phenoxy) is 1. The normalized spacial score (nSPS) is 10.9. The Morgan fingerprint density at radius 3 is 2.56 bits per heavy atom. The first kappa shape index (κ1) is 17.4. The summed E-state index contributed by atoms with van der Waals surface area (Å²) in [5.41, 5.74) is 3.76. The van der Waals surface area contributed by atoms with Gasteiger partial charge in [-0.05, 0) is 47.9 Å². The van der Waals surface area contributed by atoms with Crippen LogP contribution < -0.4 is 10.4 Å². The summed E-state index contributed by atoms with van der Waals surface area (Å²) in [6, 6.07) is 22.7. The lowest BCUT2D eigenvalue weighted by atomic mass is 10.0. The van der Waals surface area contributed by atoms with E-state index in [2.05, 4.69) is 0 Å². The quantitative estimate of drug-likeness (QED) is 0.410.